The van der Waals surface area contributed by atoms with Crippen molar-refractivity contribution in [1.29, 1.82) is 0 Å². The zero-order valence-corrected chi connectivity index (χ0v) is 12.5. The second-order valence-electron chi connectivity index (χ2n) is 5.77. The molecule has 1 rings (SSSR count). The van der Waals surface area contributed by atoms with Crippen molar-refractivity contribution in [1.82, 2.24) is 0 Å². The first-order valence-corrected chi connectivity index (χ1v) is 6.44. The lowest BCUT2D eigenvalue weighted by Crippen LogP contribution is -2.27. The summed E-state index contributed by atoms with van der Waals surface area (Å²) in [5.41, 5.74) is 1.16. The molecule has 0 bridgehead atoms. The second-order valence-corrected chi connectivity index (χ2v) is 5.77. The third kappa shape index (κ3) is 5.64. The van der Waals surface area contributed by atoms with E-state index < -0.39 is 11.7 Å². The molecule has 0 aliphatic heterocycles. The highest BCUT2D eigenvalue weighted by molar-refractivity contribution is 5.86. The number of aryl methyl sites for hydroxylation is 1. The van der Waals surface area contributed by atoms with Gasteiger partial charge in [-0.2, -0.15) is 0 Å². The van der Waals surface area contributed by atoms with E-state index in [9.17, 15) is 4.79 Å². The van der Waals surface area contributed by atoms with E-state index in [0.717, 1.165) is 17.0 Å². The fourth-order valence-electron chi connectivity index (χ4n) is 1.54. The fourth-order valence-corrected chi connectivity index (χ4v) is 1.54. The Labute approximate surface area is 115 Å². The van der Waals surface area contributed by atoms with Crippen LogP contribution < -0.4 is 10.1 Å². The van der Waals surface area contributed by atoms with Crippen molar-refractivity contribution in [2.24, 2.45) is 0 Å². The Morgan fingerprint density at radius 2 is 1.89 bits per heavy atom. The van der Waals surface area contributed by atoms with E-state index in [0.29, 0.717) is 0 Å². The van der Waals surface area contributed by atoms with Crippen molar-refractivity contribution in [3.8, 4) is 5.75 Å². The standard InChI is InChI=1S/C15H23NO3/c1-10(2)18-12-7-8-13(11(3)9-12)16-14(17)19-15(4,5)6/h7-10H,1-6H3,(H,16,17). The Morgan fingerprint density at radius 1 is 1.26 bits per heavy atom. The Balaban J connectivity index is 2.72. The highest BCUT2D eigenvalue weighted by atomic mass is 16.6. The molecule has 1 N–H and O–H groups in total. The summed E-state index contributed by atoms with van der Waals surface area (Å²) in [6, 6.07) is 5.55. The molecule has 0 aromatic heterocycles. The molecule has 0 radical (unpaired) electrons. The van der Waals surface area contributed by atoms with E-state index in [1.54, 1.807) is 0 Å². The van der Waals surface area contributed by atoms with Gasteiger partial charge in [-0.25, -0.2) is 4.79 Å². The average molecular weight is 265 g/mol. The number of hydrogen-bond donors (Lipinski definition) is 1. The Hall–Kier alpha value is -1.71. The van der Waals surface area contributed by atoms with Crippen molar-refractivity contribution < 1.29 is 14.3 Å². The summed E-state index contributed by atoms with van der Waals surface area (Å²) in [7, 11) is 0. The number of anilines is 1. The van der Waals surface area contributed by atoms with Gasteiger partial charge < -0.3 is 9.47 Å². The normalized spacial score (nSPS) is 11.3. The highest BCUT2D eigenvalue weighted by Crippen LogP contribution is 2.22. The molecule has 106 valence electrons. The summed E-state index contributed by atoms with van der Waals surface area (Å²) in [6.07, 6.45) is -0.322. The second kappa shape index (κ2) is 5.95. The van der Waals surface area contributed by atoms with Crippen molar-refractivity contribution in [2.45, 2.75) is 53.2 Å². The zero-order valence-electron chi connectivity index (χ0n) is 12.5. The molecule has 0 aliphatic carbocycles. The van der Waals surface area contributed by atoms with Crippen molar-refractivity contribution in [2.75, 3.05) is 5.32 Å². The molecule has 0 spiro atoms. The SMILES string of the molecule is Cc1cc(OC(C)C)ccc1NC(=O)OC(C)(C)C. The molecular formula is C15H23NO3. The molecule has 1 amide bonds. The lowest BCUT2D eigenvalue weighted by Gasteiger charge is -2.20. The highest BCUT2D eigenvalue weighted by Gasteiger charge is 2.16. The van der Waals surface area contributed by atoms with Crippen LogP contribution in [0.5, 0.6) is 5.75 Å². The molecule has 1 aromatic carbocycles. The Morgan fingerprint density at radius 3 is 2.37 bits per heavy atom. The molecule has 19 heavy (non-hydrogen) atoms. The first-order valence-electron chi connectivity index (χ1n) is 6.44. The predicted octanol–water partition coefficient (Wildman–Crippen LogP) is 4.13. The number of benzene rings is 1. The van der Waals surface area contributed by atoms with Crippen LogP contribution in [0.1, 0.15) is 40.2 Å². The van der Waals surface area contributed by atoms with E-state index in [1.807, 2.05) is 59.7 Å². The van der Waals surface area contributed by atoms with Gasteiger partial charge in [0.2, 0.25) is 0 Å². The minimum atomic E-state index is -0.501. The molecular weight excluding hydrogens is 242 g/mol. The molecule has 0 aliphatic rings. The summed E-state index contributed by atoms with van der Waals surface area (Å²) < 4.78 is 10.8. The molecule has 0 atom stereocenters. The van der Waals surface area contributed by atoms with Crippen LogP contribution in [0.3, 0.4) is 0 Å². The number of rotatable bonds is 3. The van der Waals surface area contributed by atoms with Crippen LogP contribution in [0, 0.1) is 6.92 Å². The fraction of sp³-hybridized carbons (Fsp3) is 0.533. The van der Waals surface area contributed by atoms with Gasteiger partial charge in [0, 0.05) is 5.69 Å². The van der Waals surface area contributed by atoms with Crippen molar-refractivity contribution in [3.63, 3.8) is 0 Å². The van der Waals surface area contributed by atoms with Crippen LogP contribution in [-0.2, 0) is 4.74 Å². The molecule has 4 nitrogen and oxygen atoms in total. The van der Waals surface area contributed by atoms with Gasteiger partial charge in [-0.15, -0.1) is 0 Å². The van der Waals surface area contributed by atoms with E-state index in [1.165, 1.54) is 0 Å². The summed E-state index contributed by atoms with van der Waals surface area (Å²) in [5.74, 6) is 0.794. The van der Waals surface area contributed by atoms with Crippen LogP contribution in [-0.4, -0.2) is 17.8 Å². The maximum atomic E-state index is 11.7. The zero-order chi connectivity index (χ0) is 14.6. The van der Waals surface area contributed by atoms with E-state index in [4.69, 9.17) is 9.47 Å². The number of nitrogens with one attached hydrogen (secondary N) is 1. The van der Waals surface area contributed by atoms with Crippen LogP contribution in [0.4, 0.5) is 10.5 Å². The number of ether oxygens (including phenoxy) is 2. The number of carbonyl (C=O) groups is 1. The quantitative estimate of drug-likeness (QED) is 0.893. The molecule has 4 heteroatoms. The van der Waals surface area contributed by atoms with Crippen LogP contribution in [0.25, 0.3) is 0 Å². The third-order valence-electron chi connectivity index (χ3n) is 2.21. The summed E-state index contributed by atoms with van der Waals surface area (Å²) >= 11 is 0. The van der Waals surface area contributed by atoms with E-state index >= 15 is 0 Å². The first-order chi connectivity index (χ1) is 8.67. The summed E-state index contributed by atoms with van der Waals surface area (Å²) in [4.78, 5) is 11.7. The van der Waals surface area contributed by atoms with Gasteiger partial charge in [-0.1, -0.05) is 0 Å². The lowest BCUT2D eigenvalue weighted by molar-refractivity contribution is 0.0635. The van der Waals surface area contributed by atoms with Gasteiger partial charge in [-0.3, -0.25) is 5.32 Å². The molecule has 0 heterocycles. The van der Waals surface area contributed by atoms with Gasteiger partial charge in [0.1, 0.15) is 11.4 Å². The molecule has 0 unspecified atom stereocenters. The maximum Gasteiger partial charge on any atom is 0.412 e. The minimum absolute atomic E-state index is 0.129. The van der Waals surface area contributed by atoms with Gasteiger partial charge in [0.15, 0.2) is 0 Å². The van der Waals surface area contributed by atoms with E-state index in [2.05, 4.69) is 5.32 Å². The smallest absolute Gasteiger partial charge is 0.412 e. The van der Waals surface area contributed by atoms with Gasteiger partial charge in [0.25, 0.3) is 0 Å². The number of amides is 1. The third-order valence-corrected chi connectivity index (χ3v) is 2.21. The Bertz CT molecular complexity index is 447. The summed E-state index contributed by atoms with van der Waals surface area (Å²) in [6.45, 7) is 11.4. The average Bonchev–Trinajstić information content (AvgIpc) is 2.18. The molecule has 1 aromatic rings. The van der Waals surface area contributed by atoms with Crippen LogP contribution >= 0.6 is 0 Å². The number of carbonyl (C=O) groups excluding carboxylic acids is 1. The van der Waals surface area contributed by atoms with Crippen molar-refractivity contribution >= 4 is 11.8 Å². The summed E-state index contributed by atoms with van der Waals surface area (Å²) in [5, 5.41) is 2.73. The first kappa shape index (κ1) is 15.3. The van der Waals surface area contributed by atoms with Crippen LogP contribution in [0.2, 0.25) is 0 Å². The van der Waals surface area contributed by atoms with Gasteiger partial charge in [-0.05, 0) is 65.3 Å². The lowest BCUT2D eigenvalue weighted by atomic mass is 10.2. The molecule has 0 saturated heterocycles. The molecule has 0 fully saturated rings. The monoisotopic (exact) mass is 265 g/mol. The van der Waals surface area contributed by atoms with E-state index in [-0.39, 0.29) is 6.10 Å². The predicted molar refractivity (Wildman–Crippen MR) is 76.8 cm³/mol. The minimum Gasteiger partial charge on any atom is -0.491 e. The maximum absolute atomic E-state index is 11.7. The van der Waals surface area contributed by atoms with Gasteiger partial charge >= 0.3 is 6.09 Å². The number of hydrogen-bond acceptors (Lipinski definition) is 3. The largest absolute Gasteiger partial charge is 0.491 e. The Kier molecular flexibility index (Phi) is 4.81. The molecule has 0 saturated carbocycles. The van der Waals surface area contributed by atoms with Gasteiger partial charge in [0.05, 0.1) is 6.10 Å². The van der Waals surface area contributed by atoms with Crippen molar-refractivity contribution in [3.05, 3.63) is 23.8 Å². The topological polar surface area (TPSA) is 47.6 Å². The van der Waals surface area contributed by atoms with Crippen LogP contribution in [0.15, 0.2) is 18.2 Å².